The van der Waals surface area contributed by atoms with Crippen LogP contribution in [0.4, 0.5) is 0 Å². The predicted molar refractivity (Wildman–Crippen MR) is 132 cm³/mol. The summed E-state index contributed by atoms with van der Waals surface area (Å²) in [6, 6.07) is 15.0. The number of rotatable bonds is 7. The van der Waals surface area contributed by atoms with E-state index in [-0.39, 0.29) is 5.91 Å². The van der Waals surface area contributed by atoms with E-state index in [0.29, 0.717) is 31.0 Å². The number of benzene rings is 2. The molecule has 2 aliphatic heterocycles. The molecule has 0 unspecified atom stereocenters. The summed E-state index contributed by atoms with van der Waals surface area (Å²) in [5.41, 5.74) is 2.09. The van der Waals surface area contributed by atoms with E-state index in [2.05, 4.69) is 17.0 Å². The quantitative estimate of drug-likeness (QED) is 0.603. The number of methoxy groups -OCH3 is 1. The van der Waals surface area contributed by atoms with Crippen molar-refractivity contribution in [2.24, 2.45) is 0 Å². The lowest BCUT2D eigenvalue weighted by Gasteiger charge is -2.26. The Morgan fingerprint density at radius 3 is 2.15 bits per heavy atom. The van der Waals surface area contributed by atoms with Gasteiger partial charge in [-0.15, -0.1) is 0 Å². The number of amides is 1. The maximum atomic E-state index is 13.0. The molecular weight excluding hydrogens is 450 g/mol. The van der Waals surface area contributed by atoms with Gasteiger partial charge in [-0.05, 0) is 54.7 Å². The van der Waals surface area contributed by atoms with Crippen LogP contribution in [0.1, 0.15) is 36.8 Å². The molecule has 4 rings (SSSR count). The van der Waals surface area contributed by atoms with Gasteiger partial charge in [-0.2, -0.15) is 4.31 Å². The third-order valence-corrected chi connectivity index (χ3v) is 8.65. The summed E-state index contributed by atoms with van der Waals surface area (Å²) in [6.45, 7) is 5.29. The smallest absolute Gasteiger partial charge is 0.243 e. The van der Waals surface area contributed by atoms with Gasteiger partial charge in [-0.25, -0.2) is 8.42 Å². The van der Waals surface area contributed by atoms with Crippen molar-refractivity contribution in [3.63, 3.8) is 0 Å². The van der Waals surface area contributed by atoms with E-state index < -0.39 is 10.0 Å². The average Bonchev–Trinajstić information content (AvgIpc) is 3.11. The fourth-order valence-corrected chi connectivity index (χ4v) is 6.20. The Labute approximate surface area is 203 Å². The second-order valence-electron chi connectivity index (χ2n) is 9.14. The van der Waals surface area contributed by atoms with E-state index in [4.69, 9.17) is 4.74 Å². The van der Waals surface area contributed by atoms with Gasteiger partial charge in [-0.1, -0.05) is 30.7 Å². The molecule has 8 heteroatoms. The summed E-state index contributed by atoms with van der Waals surface area (Å²) >= 11 is 0. The molecule has 0 aromatic heterocycles. The summed E-state index contributed by atoms with van der Waals surface area (Å²) in [4.78, 5) is 17.6. The molecule has 2 saturated heterocycles. The maximum Gasteiger partial charge on any atom is 0.243 e. The zero-order chi connectivity index (χ0) is 24.0. The number of ether oxygens (including phenoxy) is 1. The Morgan fingerprint density at radius 1 is 0.794 bits per heavy atom. The van der Waals surface area contributed by atoms with Gasteiger partial charge in [0.15, 0.2) is 0 Å². The van der Waals surface area contributed by atoms with Crippen molar-refractivity contribution in [1.82, 2.24) is 14.1 Å². The van der Waals surface area contributed by atoms with Crippen LogP contribution in [0.25, 0.3) is 0 Å². The Morgan fingerprint density at radius 2 is 1.47 bits per heavy atom. The maximum absolute atomic E-state index is 13.0. The van der Waals surface area contributed by atoms with Crippen LogP contribution in [0.3, 0.4) is 0 Å². The molecule has 184 valence electrons. The van der Waals surface area contributed by atoms with Gasteiger partial charge in [0.2, 0.25) is 15.9 Å². The van der Waals surface area contributed by atoms with Crippen LogP contribution in [0.2, 0.25) is 0 Å². The van der Waals surface area contributed by atoms with Gasteiger partial charge in [0, 0.05) is 45.8 Å². The van der Waals surface area contributed by atoms with Gasteiger partial charge in [0.1, 0.15) is 5.75 Å². The fourth-order valence-electron chi connectivity index (χ4n) is 4.69. The standard InChI is InChI=1S/C26H35N3O4S/c1-33-24-10-6-23(7-11-24)21-27-14-5-15-28(19-18-27)26(30)20-22-8-12-25(13-9-22)34(31,32)29-16-3-2-4-17-29/h6-13H,2-5,14-21H2,1H3. The lowest BCUT2D eigenvalue weighted by atomic mass is 10.1. The molecule has 34 heavy (non-hydrogen) atoms. The molecule has 2 aromatic rings. The molecule has 0 bridgehead atoms. The van der Waals surface area contributed by atoms with Gasteiger partial charge in [0.25, 0.3) is 0 Å². The second-order valence-corrected chi connectivity index (χ2v) is 11.1. The van der Waals surface area contributed by atoms with E-state index in [1.165, 1.54) is 5.56 Å². The van der Waals surface area contributed by atoms with Gasteiger partial charge < -0.3 is 9.64 Å². The zero-order valence-corrected chi connectivity index (χ0v) is 20.8. The monoisotopic (exact) mass is 485 g/mol. The van der Waals surface area contributed by atoms with Crippen LogP contribution >= 0.6 is 0 Å². The largest absolute Gasteiger partial charge is 0.497 e. The summed E-state index contributed by atoms with van der Waals surface area (Å²) < 4.78 is 32.5. The van der Waals surface area contributed by atoms with E-state index in [0.717, 1.165) is 63.2 Å². The number of piperidine rings is 1. The minimum absolute atomic E-state index is 0.0953. The summed E-state index contributed by atoms with van der Waals surface area (Å²) in [5.74, 6) is 0.950. The van der Waals surface area contributed by atoms with E-state index in [1.807, 2.05) is 17.0 Å². The Bertz CT molecular complexity index is 1050. The highest BCUT2D eigenvalue weighted by molar-refractivity contribution is 7.89. The topological polar surface area (TPSA) is 70.2 Å². The molecule has 0 atom stereocenters. The van der Waals surface area contributed by atoms with Crippen molar-refractivity contribution in [2.75, 3.05) is 46.4 Å². The van der Waals surface area contributed by atoms with Gasteiger partial charge >= 0.3 is 0 Å². The third-order valence-electron chi connectivity index (χ3n) is 6.74. The summed E-state index contributed by atoms with van der Waals surface area (Å²) in [6.07, 6.45) is 4.15. The van der Waals surface area contributed by atoms with Crippen LogP contribution in [-0.2, 0) is 27.8 Å². The zero-order valence-electron chi connectivity index (χ0n) is 20.0. The normalized spacial score (nSPS) is 18.4. The summed E-state index contributed by atoms with van der Waals surface area (Å²) in [7, 11) is -1.78. The number of hydrogen-bond donors (Lipinski definition) is 0. The molecule has 0 aliphatic carbocycles. The molecule has 2 fully saturated rings. The van der Waals surface area contributed by atoms with Crippen LogP contribution in [-0.4, -0.2) is 74.8 Å². The highest BCUT2D eigenvalue weighted by Gasteiger charge is 2.26. The Hall–Kier alpha value is -2.42. The first-order valence-corrected chi connectivity index (χ1v) is 13.6. The third kappa shape index (κ3) is 6.17. The van der Waals surface area contributed by atoms with E-state index in [1.54, 1.807) is 35.7 Å². The van der Waals surface area contributed by atoms with Crippen LogP contribution in [0, 0.1) is 0 Å². The van der Waals surface area contributed by atoms with E-state index >= 15 is 0 Å². The lowest BCUT2D eigenvalue weighted by Crippen LogP contribution is -2.36. The highest BCUT2D eigenvalue weighted by Crippen LogP contribution is 2.21. The first kappa shape index (κ1) is 24.7. The van der Waals surface area contributed by atoms with Crippen molar-refractivity contribution in [3.05, 3.63) is 59.7 Å². The molecule has 0 spiro atoms. The predicted octanol–water partition coefficient (Wildman–Crippen LogP) is 3.15. The second kappa shape index (κ2) is 11.3. The Kier molecular flexibility index (Phi) is 8.24. The molecule has 2 aromatic carbocycles. The Balaban J connectivity index is 1.30. The highest BCUT2D eigenvalue weighted by atomic mass is 32.2. The van der Waals surface area contributed by atoms with E-state index in [9.17, 15) is 13.2 Å². The first-order valence-electron chi connectivity index (χ1n) is 12.2. The minimum Gasteiger partial charge on any atom is -0.497 e. The number of hydrogen-bond acceptors (Lipinski definition) is 5. The first-order chi connectivity index (χ1) is 16.5. The van der Waals surface area contributed by atoms with Crippen molar-refractivity contribution >= 4 is 15.9 Å². The number of nitrogens with zero attached hydrogens (tertiary/aromatic N) is 3. The molecule has 7 nitrogen and oxygen atoms in total. The number of carbonyl (C=O) groups excluding carboxylic acids is 1. The van der Waals surface area contributed by atoms with Crippen molar-refractivity contribution in [2.45, 2.75) is 43.5 Å². The SMILES string of the molecule is COc1ccc(CN2CCCN(C(=O)Cc3ccc(S(=O)(=O)N4CCCCC4)cc3)CC2)cc1. The molecule has 0 saturated carbocycles. The van der Waals surface area contributed by atoms with Crippen LogP contribution < -0.4 is 4.74 Å². The number of carbonyl (C=O) groups is 1. The average molecular weight is 486 g/mol. The molecule has 2 heterocycles. The molecular formula is C26H35N3O4S. The minimum atomic E-state index is -3.44. The van der Waals surface area contributed by atoms with Gasteiger partial charge in [0.05, 0.1) is 18.4 Å². The van der Waals surface area contributed by atoms with Gasteiger partial charge in [-0.3, -0.25) is 9.69 Å². The van der Waals surface area contributed by atoms with Crippen molar-refractivity contribution in [3.8, 4) is 5.75 Å². The van der Waals surface area contributed by atoms with Crippen molar-refractivity contribution < 1.29 is 17.9 Å². The lowest BCUT2D eigenvalue weighted by molar-refractivity contribution is -0.130. The molecule has 0 radical (unpaired) electrons. The summed E-state index contributed by atoms with van der Waals surface area (Å²) in [5, 5.41) is 0. The number of sulfonamides is 1. The fraction of sp³-hybridized carbons (Fsp3) is 0.500. The molecule has 1 amide bonds. The van der Waals surface area contributed by atoms with Crippen LogP contribution in [0.5, 0.6) is 5.75 Å². The van der Waals surface area contributed by atoms with Crippen molar-refractivity contribution in [1.29, 1.82) is 0 Å². The van der Waals surface area contributed by atoms with Crippen LogP contribution in [0.15, 0.2) is 53.4 Å². The molecule has 0 N–H and O–H groups in total. The molecule has 2 aliphatic rings.